The SMILES string of the molecule is COCC(CCO)N1CCCC1=O. The Morgan fingerprint density at radius 2 is 2.46 bits per heavy atom. The molecule has 0 aromatic carbocycles. The molecule has 4 heteroatoms. The maximum Gasteiger partial charge on any atom is 0.222 e. The van der Waals surface area contributed by atoms with Gasteiger partial charge in [-0.25, -0.2) is 0 Å². The lowest BCUT2D eigenvalue weighted by Gasteiger charge is -2.26. The molecule has 1 aliphatic heterocycles. The smallest absolute Gasteiger partial charge is 0.222 e. The first-order chi connectivity index (χ1) is 6.29. The molecule has 1 atom stereocenters. The number of likely N-dealkylation sites (tertiary alicyclic amines) is 1. The van der Waals surface area contributed by atoms with Crippen molar-refractivity contribution in [1.82, 2.24) is 4.90 Å². The number of carbonyl (C=O) groups excluding carboxylic acids is 1. The monoisotopic (exact) mass is 187 g/mol. The fourth-order valence-corrected chi connectivity index (χ4v) is 1.73. The summed E-state index contributed by atoms with van der Waals surface area (Å²) in [4.78, 5) is 13.2. The van der Waals surface area contributed by atoms with Crippen LogP contribution in [-0.2, 0) is 9.53 Å². The van der Waals surface area contributed by atoms with Crippen LogP contribution in [0, 0.1) is 0 Å². The normalized spacial score (nSPS) is 19.5. The topological polar surface area (TPSA) is 49.8 Å². The Morgan fingerprint density at radius 3 is 2.92 bits per heavy atom. The van der Waals surface area contributed by atoms with Crippen LogP contribution in [0.4, 0.5) is 0 Å². The van der Waals surface area contributed by atoms with Crippen LogP contribution in [0.3, 0.4) is 0 Å². The molecule has 0 bridgehead atoms. The van der Waals surface area contributed by atoms with E-state index in [2.05, 4.69) is 0 Å². The zero-order valence-corrected chi connectivity index (χ0v) is 8.03. The van der Waals surface area contributed by atoms with Crippen LogP contribution in [0.15, 0.2) is 0 Å². The predicted octanol–water partition coefficient (Wildman–Crippen LogP) is 0.00620. The molecule has 4 nitrogen and oxygen atoms in total. The van der Waals surface area contributed by atoms with Crippen molar-refractivity contribution < 1.29 is 14.6 Å². The summed E-state index contributed by atoms with van der Waals surface area (Å²) in [7, 11) is 1.62. The highest BCUT2D eigenvalue weighted by molar-refractivity contribution is 5.78. The molecule has 1 fully saturated rings. The van der Waals surface area contributed by atoms with Gasteiger partial charge in [-0.15, -0.1) is 0 Å². The van der Waals surface area contributed by atoms with E-state index in [0.717, 1.165) is 13.0 Å². The Kier molecular flexibility index (Phi) is 4.18. The average Bonchev–Trinajstić information content (AvgIpc) is 2.51. The summed E-state index contributed by atoms with van der Waals surface area (Å²) in [5.41, 5.74) is 0. The summed E-state index contributed by atoms with van der Waals surface area (Å²) in [5, 5.41) is 8.82. The molecule has 1 N–H and O–H groups in total. The van der Waals surface area contributed by atoms with Gasteiger partial charge in [0.1, 0.15) is 0 Å². The largest absolute Gasteiger partial charge is 0.396 e. The van der Waals surface area contributed by atoms with Gasteiger partial charge in [0.05, 0.1) is 12.6 Å². The maximum atomic E-state index is 11.4. The van der Waals surface area contributed by atoms with Gasteiger partial charge in [-0.05, 0) is 12.8 Å². The van der Waals surface area contributed by atoms with Gasteiger partial charge >= 0.3 is 0 Å². The Morgan fingerprint density at radius 1 is 1.69 bits per heavy atom. The number of hydrogen-bond donors (Lipinski definition) is 1. The Labute approximate surface area is 78.5 Å². The first kappa shape index (κ1) is 10.5. The molecule has 1 heterocycles. The molecule has 1 amide bonds. The number of hydrogen-bond acceptors (Lipinski definition) is 3. The van der Waals surface area contributed by atoms with Crippen molar-refractivity contribution in [3.8, 4) is 0 Å². The van der Waals surface area contributed by atoms with Crippen molar-refractivity contribution in [1.29, 1.82) is 0 Å². The number of aliphatic hydroxyl groups is 1. The molecule has 0 radical (unpaired) electrons. The summed E-state index contributed by atoms with van der Waals surface area (Å²) in [6.07, 6.45) is 2.19. The van der Waals surface area contributed by atoms with Crippen molar-refractivity contribution in [2.75, 3.05) is 26.9 Å². The zero-order chi connectivity index (χ0) is 9.68. The van der Waals surface area contributed by atoms with Crippen LogP contribution < -0.4 is 0 Å². The van der Waals surface area contributed by atoms with E-state index in [9.17, 15) is 4.79 Å². The third-order valence-corrected chi connectivity index (χ3v) is 2.37. The Hall–Kier alpha value is -0.610. The molecule has 0 saturated carbocycles. The second-order valence-corrected chi connectivity index (χ2v) is 3.31. The number of methoxy groups -OCH3 is 1. The summed E-state index contributed by atoms with van der Waals surface area (Å²) in [6, 6.07) is 0.0602. The maximum absolute atomic E-state index is 11.4. The second-order valence-electron chi connectivity index (χ2n) is 3.31. The van der Waals surface area contributed by atoms with E-state index in [-0.39, 0.29) is 18.6 Å². The lowest BCUT2D eigenvalue weighted by molar-refractivity contribution is -0.131. The first-order valence-electron chi connectivity index (χ1n) is 4.69. The van der Waals surface area contributed by atoms with Gasteiger partial charge in [0.2, 0.25) is 5.91 Å². The highest BCUT2D eigenvalue weighted by atomic mass is 16.5. The van der Waals surface area contributed by atoms with Crippen molar-refractivity contribution in [3.05, 3.63) is 0 Å². The Bertz CT molecular complexity index is 166. The van der Waals surface area contributed by atoms with Crippen molar-refractivity contribution in [2.24, 2.45) is 0 Å². The highest BCUT2D eigenvalue weighted by Crippen LogP contribution is 2.15. The highest BCUT2D eigenvalue weighted by Gasteiger charge is 2.27. The van der Waals surface area contributed by atoms with Crippen LogP contribution in [0.5, 0.6) is 0 Å². The molecule has 13 heavy (non-hydrogen) atoms. The third-order valence-electron chi connectivity index (χ3n) is 2.37. The van der Waals surface area contributed by atoms with Crippen molar-refractivity contribution >= 4 is 5.91 Å². The van der Waals surface area contributed by atoms with E-state index >= 15 is 0 Å². The minimum Gasteiger partial charge on any atom is -0.396 e. The minimum atomic E-state index is 0.0602. The molecule has 76 valence electrons. The van der Waals surface area contributed by atoms with Crippen molar-refractivity contribution in [2.45, 2.75) is 25.3 Å². The van der Waals surface area contributed by atoms with Crippen LogP contribution in [0.25, 0.3) is 0 Å². The molecule has 1 rings (SSSR count). The van der Waals surface area contributed by atoms with E-state index < -0.39 is 0 Å². The molecule has 0 aromatic heterocycles. The first-order valence-corrected chi connectivity index (χ1v) is 4.69. The molecule has 1 saturated heterocycles. The van der Waals surface area contributed by atoms with Crippen LogP contribution in [-0.4, -0.2) is 48.8 Å². The van der Waals surface area contributed by atoms with E-state index in [4.69, 9.17) is 9.84 Å². The van der Waals surface area contributed by atoms with Gasteiger partial charge in [-0.2, -0.15) is 0 Å². The summed E-state index contributed by atoms with van der Waals surface area (Å²) < 4.78 is 5.01. The molecule has 0 aliphatic carbocycles. The Balaban J connectivity index is 2.47. The summed E-state index contributed by atoms with van der Waals surface area (Å²) in [6.45, 7) is 1.44. The third kappa shape index (κ3) is 2.67. The summed E-state index contributed by atoms with van der Waals surface area (Å²) in [5.74, 6) is 0.190. The molecule has 1 unspecified atom stereocenters. The molecule has 0 aromatic rings. The van der Waals surface area contributed by atoms with E-state index in [1.54, 1.807) is 7.11 Å². The van der Waals surface area contributed by atoms with Crippen LogP contribution >= 0.6 is 0 Å². The predicted molar refractivity (Wildman–Crippen MR) is 48.3 cm³/mol. The number of nitrogens with zero attached hydrogens (tertiary/aromatic N) is 1. The van der Waals surface area contributed by atoms with Gasteiger partial charge < -0.3 is 14.7 Å². The minimum absolute atomic E-state index is 0.0602. The number of rotatable bonds is 5. The van der Waals surface area contributed by atoms with Gasteiger partial charge in [0, 0.05) is 26.7 Å². The number of amides is 1. The van der Waals surface area contributed by atoms with Crippen LogP contribution in [0.1, 0.15) is 19.3 Å². The van der Waals surface area contributed by atoms with Gasteiger partial charge in [-0.3, -0.25) is 4.79 Å². The molecular formula is C9H17NO3. The molecular weight excluding hydrogens is 170 g/mol. The van der Waals surface area contributed by atoms with Gasteiger partial charge in [0.15, 0.2) is 0 Å². The average molecular weight is 187 g/mol. The van der Waals surface area contributed by atoms with Gasteiger partial charge in [0.25, 0.3) is 0 Å². The number of carbonyl (C=O) groups is 1. The molecule has 1 aliphatic rings. The van der Waals surface area contributed by atoms with E-state index in [0.29, 0.717) is 19.4 Å². The standard InChI is InChI=1S/C9H17NO3/c1-13-7-8(4-6-11)10-5-2-3-9(10)12/h8,11H,2-7H2,1H3. The lowest BCUT2D eigenvalue weighted by atomic mass is 10.2. The van der Waals surface area contributed by atoms with Gasteiger partial charge in [-0.1, -0.05) is 0 Å². The lowest BCUT2D eigenvalue weighted by Crippen LogP contribution is -2.39. The van der Waals surface area contributed by atoms with Crippen LogP contribution in [0.2, 0.25) is 0 Å². The molecule has 0 spiro atoms. The fraction of sp³-hybridized carbons (Fsp3) is 0.889. The second kappa shape index (κ2) is 5.19. The quantitative estimate of drug-likeness (QED) is 0.659. The fourth-order valence-electron chi connectivity index (χ4n) is 1.73. The van der Waals surface area contributed by atoms with E-state index in [1.165, 1.54) is 0 Å². The summed E-state index contributed by atoms with van der Waals surface area (Å²) >= 11 is 0. The van der Waals surface area contributed by atoms with E-state index in [1.807, 2.05) is 4.90 Å². The number of aliphatic hydroxyl groups excluding tert-OH is 1. The van der Waals surface area contributed by atoms with Crippen molar-refractivity contribution in [3.63, 3.8) is 0 Å². The zero-order valence-electron chi connectivity index (χ0n) is 8.03. The number of ether oxygens (including phenoxy) is 1.